The van der Waals surface area contributed by atoms with Crippen LogP contribution in [0.4, 0.5) is 5.69 Å². The molecule has 0 amide bonds. The van der Waals surface area contributed by atoms with Gasteiger partial charge >= 0.3 is 0 Å². The predicted molar refractivity (Wildman–Crippen MR) is 49.1 cm³/mol. The summed E-state index contributed by atoms with van der Waals surface area (Å²) < 4.78 is 0. The summed E-state index contributed by atoms with van der Waals surface area (Å²) in [6, 6.07) is 4.14. The normalized spacial score (nSPS) is 9.62. The number of nitro benzene ring substituents is 1. The molecule has 0 unspecified atom stereocenters. The molecule has 0 aliphatic rings. The van der Waals surface area contributed by atoms with Crippen molar-refractivity contribution in [1.82, 2.24) is 0 Å². The molecule has 13 heavy (non-hydrogen) atoms. The topological polar surface area (TPSA) is 93.0 Å². The van der Waals surface area contributed by atoms with E-state index in [1.165, 1.54) is 18.2 Å². The van der Waals surface area contributed by atoms with Gasteiger partial charge in [0.05, 0.1) is 9.95 Å². The summed E-state index contributed by atoms with van der Waals surface area (Å²) in [5.41, 5.74) is 4.86. The van der Waals surface area contributed by atoms with Gasteiger partial charge in [-0.25, -0.2) is 0 Å². The molecule has 0 spiro atoms. The summed E-state index contributed by atoms with van der Waals surface area (Å²) in [6.45, 7) is 0. The van der Waals surface area contributed by atoms with Crippen molar-refractivity contribution in [2.45, 2.75) is 0 Å². The molecule has 0 saturated heterocycles. The zero-order chi connectivity index (χ0) is 10.0. The van der Waals surface area contributed by atoms with Crippen molar-refractivity contribution in [2.24, 2.45) is 5.73 Å². The molecule has 1 rings (SSSR count). The summed E-state index contributed by atoms with van der Waals surface area (Å²) in [7, 11) is 0. The number of rotatable bonds is 2. The third kappa shape index (κ3) is 1.75. The number of nitrogens with one attached hydrogen (secondary N) is 1. The van der Waals surface area contributed by atoms with Gasteiger partial charge in [0.1, 0.15) is 11.4 Å². The smallest absolute Gasteiger partial charge is 0.281 e. The van der Waals surface area contributed by atoms with E-state index in [0.717, 1.165) is 0 Å². The molecule has 0 heterocycles. The number of hydrogen-bond acceptors (Lipinski definition) is 3. The molecule has 0 fully saturated rings. The third-order valence-corrected chi connectivity index (χ3v) is 1.77. The zero-order valence-electron chi connectivity index (χ0n) is 6.45. The minimum Gasteiger partial charge on any atom is -0.383 e. The van der Waals surface area contributed by atoms with Gasteiger partial charge in [-0.1, -0.05) is 17.7 Å². The lowest BCUT2D eigenvalue weighted by atomic mass is 10.1. The highest BCUT2D eigenvalue weighted by Crippen LogP contribution is 2.25. The third-order valence-electron chi connectivity index (χ3n) is 1.46. The average Bonchev–Trinajstić information content (AvgIpc) is 2.02. The van der Waals surface area contributed by atoms with Gasteiger partial charge in [0, 0.05) is 6.07 Å². The molecule has 0 aliphatic carbocycles. The maximum Gasteiger partial charge on any atom is 0.281 e. The molecule has 0 radical (unpaired) electrons. The van der Waals surface area contributed by atoms with E-state index in [9.17, 15) is 10.1 Å². The van der Waals surface area contributed by atoms with E-state index >= 15 is 0 Å². The summed E-state index contributed by atoms with van der Waals surface area (Å²) in [5.74, 6) is -0.405. The molecule has 0 atom stereocenters. The Bertz CT molecular complexity index is 378. The first-order valence-corrected chi connectivity index (χ1v) is 3.69. The maximum atomic E-state index is 10.5. The van der Waals surface area contributed by atoms with Crippen molar-refractivity contribution in [3.8, 4) is 0 Å². The first-order valence-electron chi connectivity index (χ1n) is 3.31. The van der Waals surface area contributed by atoms with Crippen LogP contribution in [0, 0.1) is 15.5 Å². The van der Waals surface area contributed by atoms with E-state index < -0.39 is 10.8 Å². The van der Waals surface area contributed by atoms with Crippen molar-refractivity contribution >= 4 is 23.1 Å². The molecule has 3 N–H and O–H groups in total. The minimum atomic E-state index is -0.622. The fraction of sp³-hybridized carbons (Fsp3) is 0. The average molecular weight is 200 g/mol. The lowest BCUT2D eigenvalue weighted by Gasteiger charge is -2.01. The monoisotopic (exact) mass is 199 g/mol. The molecule has 5 nitrogen and oxygen atoms in total. The Kier molecular flexibility index (Phi) is 2.48. The summed E-state index contributed by atoms with van der Waals surface area (Å²) in [6.07, 6.45) is 0. The highest BCUT2D eigenvalue weighted by Gasteiger charge is 2.18. The van der Waals surface area contributed by atoms with E-state index in [0.29, 0.717) is 0 Å². The number of nitrogen functional groups attached to an aromatic ring is 1. The van der Waals surface area contributed by atoms with Crippen molar-refractivity contribution in [3.63, 3.8) is 0 Å². The SMILES string of the molecule is N=C(N)c1c(Cl)cccc1[N+](=O)[O-]. The quantitative estimate of drug-likeness (QED) is 0.327. The maximum absolute atomic E-state index is 10.5. The Labute approximate surface area is 78.8 Å². The summed E-state index contributed by atoms with van der Waals surface area (Å²) in [4.78, 5) is 9.85. The molecule has 0 aromatic heterocycles. The molecule has 0 aliphatic heterocycles. The lowest BCUT2D eigenvalue weighted by Crippen LogP contribution is -2.14. The van der Waals surface area contributed by atoms with Crippen molar-refractivity contribution < 1.29 is 4.92 Å². The molecule has 1 aromatic carbocycles. The Balaban J connectivity index is 3.43. The Morgan fingerprint density at radius 1 is 1.62 bits per heavy atom. The fourth-order valence-corrected chi connectivity index (χ4v) is 1.20. The van der Waals surface area contributed by atoms with Crippen LogP contribution in [-0.4, -0.2) is 10.8 Å². The standard InChI is InChI=1S/C7H6ClN3O2/c8-4-2-1-3-5(11(12)13)6(4)7(9)10/h1-3H,(H3,9,10). The van der Waals surface area contributed by atoms with Gasteiger partial charge in [-0.15, -0.1) is 0 Å². The minimum absolute atomic E-state index is 0.0332. The van der Waals surface area contributed by atoms with Crippen LogP contribution in [0.25, 0.3) is 0 Å². The molecular formula is C7H6ClN3O2. The molecule has 68 valence electrons. The van der Waals surface area contributed by atoms with E-state index in [1.54, 1.807) is 0 Å². The molecule has 6 heteroatoms. The number of nitrogens with zero attached hydrogens (tertiary/aromatic N) is 1. The second kappa shape index (κ2) is 3.40. The number of amidine groups is 1. The first-order chi connectivity index (χ1) is 6.04. The van der Waals surface area contributed by atoms with Crippen molar-refractivity contribution in [2.75, 3.05) is 0 Å². The first kappa shape index (κ1) is 9.47. The van der Waals surface area contributed by atoms with Crippen molar-refractivity contribution in [1.29, 1.82) is 5.41 Å². The van der Waals surface area contributed by atoms with Gasteiger partial charge in [-0.3, -0.25) is 15.5 Å². The fourth-order valence-electron chi connectivity index (χ4n) is 0.932. The van der Waals surface area contributed by atoms with Gasteiger partial charge < -0.3 is 5.73 Å². The zero-order valence-corrected chi connectivity index (χ0v) is 7.21. The molecule has 0 saturated carbocycles. The van der Waals surface area contributed by atoms with Crippen LogP contribution >= 0.6 is 11.6 Å². The number of halogens is 1. The van der Waals surface area contributed by atoms with E-state index in [4.69, 9.17) is 22.7 Å². The number of nitro groups is 1. The molecule has 1 aromatic rings. The van der Waals surface area contributed by atoms with E-state index in [2.05, 4.69) is 0 Å². The van der Waals surface area contributed by atoms with Crippen LogP contribution in [0.1, 0.15) is 5.56 Å². The predicted octanol–water partition coefficient (Wildman–Crippen LogP) is 1.53. The summed E-state index contributed by atoms with van der Waals surface area (Å²) >= 11 is 5.64. The molecular weight excluding hydrogens is 194 g/mol. The summed E-state index contributed by atoms with van der Waals surface area (Å²) in [5, 5.41) is 17.7. The highest BCUT2D eigenvalue weighted by molar-refractivity contribution is 6.34. The van der Waals surface area contributed by atoms with Crippen LogP contribution in [-0.2, 0) is 0 Å². The number of hydrogen-bond donors (Lipinski definition) is 2. The van der Waals surface area contributed by atoms with Crippen LogP contribution in [0.15, 0.2) is 18.2 Å². The van der Waals surface area contributed by atoms with Crippen LogP contribution < -0.4 is 5.73 Å². The molecule has 0 bridgehead atoms. The Morgan fingerprint density at radius 2 is 2.23 bits per heavy atom. The van der Waals surface area contributed by atoms with Crippen LogP contribution in [0.2, 0.25) is 5.02 Å². The van der Waals surface area contributed by atoms with E-state index in [-0.39, 0.29) is 16.3 Å². The van der Waals surface area contributed by atoms with Crippen molar-refractivity contribution in [3.05, 3.63) is 38.9 Å². The second-order valence-electron chi connectivity index (χ2n) is 2.30. The highest BCUT2D eigenvalue weighted by atomic mass is 35.5. The lowest BCUT2D eigenvalue weighted by molar-refractivity contribution is -0.385. The Morgan fingerprint density at radius 3 is 2.62 bits per heavy atom. The van der Waals surface area contributed by atoms with Crippen LogP contribution in [0.5, 0.6) is 0 Å². The number of benzene rings is 1. The largest absolute Gasteiger partial charge is 0.383 e. The van der Waals surface area contributed by atoms with E-state index in [1.807, 2.05) is 0 Å². The van der Waals surface area contributed by atoms with Gasteiger partial charge in [-0.2, -0.15) is 0 Å². The van der Waals surface area contributed by atoms with Gasteiger partial charge in [-0.05, 0) is 6.07 Å². The van der Waals surface area contributed by atoms with Crippen LogP contribution in [0.3, 0.4) is 0 Å². The van der Waals surface area contributed by atoms with Gasteiger partial charge in [0.15, 0.2) is 0 Å². The number of nitrogens with two attached hydrogens (primary N) is 1. The van der Waals surface area contributed by atoms with Gasteiger partial charge in [0.25, 0.3) is 5.69 Å². The van der Waals surface area contributed by atoms with Gasteiger partial charge in [0.2, 0.25) is 0 Å². The Hall–Kier alpha value is -1.62. The second-order valence-corrected chi connectivity index (χ2v) is 2.71.